The number of anilines is 3. The van der Waals surface area contributed by atoms with Gasteiger partial charge in [0.05, 0.1) is 5.69 Å². The SMILES string of the molecule is CCCCc1ccc2cc(N(c3ccc(-c4ccccc4)cc3)c3ccc4c(c3)-c3ccccc3C4(C)C)c3ccccc3c2c1. The molecular weight excluding hydrogens is 555 g/mol. The van der Waals surface area contributed by atoms with Crippen molar-refractivity contribution in [1.82, 2.24) is 0 Å². The van der Waals surface area contributed by atoms with Crippen molar-refractivity contribution < 1.29 is 0 Å². The molecular formula is C45H39N. The summed E-state index contributed by atoms with van der Waals surface area (Å²) in [6, 6.07) is 54.1. The fourth-order valence-corrected chi connectivity index (χ4v) is 7.56. The Hall–Kier alpha value is -5.14. The van der Waals surface area contributed by atoms with Gasteiger partial charge in [0, 0.05) is 22.2 Å². The van der Waals surface area contributed by atoms with E-state index in [-0.39, 0.29) is 5.41 Å². The number of hydrogen-bond acceptors (Lipinski definition) is 1. The number of unbranched alkanes of at least 4 members (excludes halogenated alkanes) is 1. The van der Waals surface area contributed by atoms with E-state index in [4.69, 9.17) is 0 Å². The van der Waals surface area contributed by atoms with Crippen molar-refractivity contribution in [2.75, 3.05) is 4.90 Å². The summed E-state index contributed by atoms with van der Waals surface area (Å²) in [4.78, 5) is 2.47. The van der Waals surface area contributed by atoms with Crippen molar-refractivity contribution >= 4 is 38.6 Å². The van der Waals surface area contributed by atoms with Crippen LogP contribution < -0.4 is 4.90 Å². The summed E-state index contributed by atoms with van der Waals surface area (Å²) >= 11 is 0. The monoisotopic (exact) mass is 593 g/mol. The van der Waals surface area contributed by atoms with Crippen LogP contribution >= 0.6 is 0 Å². The van der Waals surface area contributed by atoms with Crippen molar-refractivity contribution in [2.45, 2.75) is 45.4 Å². The number of benzene rings is 7. The van der Waals surface area contributed by atoms with E-state index in [0.29, 0.717) is 0 Å². The molecule has 0 aromatic heterocycles. The molecule has 7 aromatic rings. The maximum Gasteiger partial charge on any atom is 0.0546 e. The summed E-state index contributed by atoms with van der Waals surface area (Å²) in [6.45, 7) is 6.97. The molecule has 0 saturated heterocycles. The van der Waals surface area contributed by atoms with Gasteiger partial charge in [-0.15, -0.1) is 0 Å². The van der Waals surface area contributed by atoms with Crippen LogP contribution in [0.5, 0.6) is 0 Å². The van der Waals surface area contributed by atoms with E-state index in [0.717, 1.165) is 12.1 Å². The molecule has 0 bridgehead atoms. The van der Waals surface area contributed by atoms with Crippen molar-refractivity contribution in [1.29, 1.82) is 0 Å². The molecule has 0 heterocycles. The van der Waals surface area contributed by atoms with Gasteiger partial charge in [-0.3, -0.25) is 0 Å². The molecule has 0 aliphatic heterocycles. The molecule has 0 fully saturated rings. The van der Waals surface area contributed by atoms with Gasteiger partial charge in [0.15, 0.2) is 0 Å². The predicted molar refractivity (Wildman–Crippen MR) is 198 cm³/mol. The number of rotatable bonds is 7. The van der Waals surface area contributed by atoms with E-state index in [2.05, 4.69) is 171 Å². The highest BCUT2D eigenvalue weighted by Gasteiger charge is 2.35. The zero-order valence-corrected chi connectivity index (χ0v) is 26.9. The van der Waals surface area contributed by atoms with Crippen LogP contribution in [0.1, 0.15) is 50.3 Å². The van der Waals surface area contributed by atoms with Gasteiger partial charge in [-0.1, -0.05) is 142 Å². The van der Waals surface area contributed by atoms with Gasteiger partial charge < -0.3 is 4.90 Å². The smallest absolute Gasteiger partial charge is 0.0546 e. The summed E-state index contributed by atoms with van der Waals surface area (Å²) in [7, 11) is 0. The maximum atomic E-state index is 2.47. The highest BCUT2D eigenvalue weighted by Crippen LogP contribution is 2.51. The number of fused-ring (bicyclic) bond motifs is 6. The third-order valence-corrected chi connectivity index (χ3v) is 10.0. The van der Waals surface area contributed by atoms with Crippen LogP contribution in [0, 0.1) is 0 Å². The Kier molecular flexibility index (Phi) is 6.99. The first-order valence-corrected chi connectivity index (χ1v) is 16.7. The van der Waals surface area contributed by atoms with Gasteiger partial charge in [0.1, 0.15) is 0 Å². The molecule has 0 radical (unpaired) electrons. The highest BCUT2D eigenvalue weighted by atomic mass is 15.1. The predicted octanol–water partition coefficient (Wildman–Crippen LogP) is 12.8. The van der Waals surface area contributed by atoms with Crippen LogP contribution in [0.4, 0.5) is 17.1 Å². The highest BCUT2D eigenvalue weighted by molar-refractivity contribution is 6.14. The van der Waals surface area contributed by atoms with Crippen molar-refractivity contribution in [3.8, 4) is 22.3 Å². The minimum atomic E-state index is -0.0300. The number of hydrogen-bond donors (Lipinski definition) is 0. The fourth-order valence-electron chi connectivity index (χ4n) is 7.56. The molecule has 224 valence electrons. The Morgan fingerprint density at radius 1 is 0.522 bits per heavy atom. The second kappa shape index (κ2) is 11.3. The Morgan fingerprint density at radius 3 is 2.00 bits per heavy atom. The average Bonchev–Trinajstić information content (AvgIpc) is 3.34. The summed E-state index contributed by atoms with van der Waals surface area (Å²) < 4.78 is 0. The average molecular weight is 594 g/mol. The zero-order valence-electron chi connectivity index (χ0n) is 26.9. The topological polar surface area (TPSA) is 3.24 Å². The normalized spacial score (nSPS) is 13.1. The number of aryl methyl sites for hydroxylation is 1. The molecule has 1 heteroatoms. The summed E-state index contributed by atoms with van der Waals surface area (Å²) in [5.74, 6) is 0. The Labute approximate surface area is 272 Å². The second-order valence-electron chi connectivity index (χ2n) is 13.2. The van der Waals surface area contributed by atoms with Gasteiger partial charge in [-0.25, -0.2) is 0 Å². The molecule has 1 aliphatic rings. The lowest BCUT2D eigenvalue weighted by atomic mass is 9.82. The molecule has 1 aliphatic carbocycles. The fraction of sp³-hybridized carbons (Fsp3) is 0.156. The molecule has 0 atom stereocenters. The van der Waals surface area contributed by atoms with E-state index >= 15 is 0 Å². The number of nitrogens with zero attached hydrogens (tertiary/aromatic N) is 1. The molecule has 0 unspecified atom stereocenters. The lowest BCUT2D eigenvalue weighted by molar-refractivity contribution is 0.660. The van der Waals surface area contributed by atoms with Crippen LogP contribution in [-0.2, 0) is 11.8 Å². The first kappa shape index (κ1) is 28.3. The van der Waals surface area contributed by atoms with Gasteiger partial charge in [-0.05, 0) is 98.3 Å². The van der Waals surface area contributed by atoms with Gasteiger partial charge in [-0.2, -0.15) is 0 Å². The first-order valence-electron chi connectivity index (χ1n) is 16.7. The molecule has 7 aromatic carbocycles. The third kappa shape index (κ3) is 4.70. The summed E-state index contributed by atoms with van der Waals surface area (Å²) in [5.41, 5.74) is 12.8. The molecule has 0 spiro atoms. The standard InChI is InChI=1S/C45H39N/c1-4-5-13-31-20-21-34-29-44(39-18-10-9-16-37(39)40(34)28-31)46(35-24-22-33(23-25-35)32-14-7-6-8-15-32)36-26-27-43-41(30-36)38-17-11-12-19-42(38)45(43,2)3/h6-12,14-30H,4-5,13H2,1-3H3. The lowest BCUT2D eigenvalue weighted by Gasteiger charge is -2.29. The van der Waals surface area contributed by atoms with Gasteiger partial charge >= 0.3 is 0 Å². The van der Waals surface area contributed by atoms with E-state index in [1.807, 2.05) is 0 Å². The van der Waals surface area contributed by atoms with Gasteiger partial charge in [0.2, 0.25) is 0 Å². The van der Waals surface area contributed by atoms with E-state index in [1.165, 1.54) is 84.7 Å². The quantitative estimate of drug-likeness (QED) is 0.166. The van der Waals surface area contributed by atoms with Crippen LogP contribution in [0.25, 0.3) is 43.8 Å². The Bertz CT molecular complexity index is 2210. The van der Waals surface area contributed by atoms with Crippen LogP contribution in [-0.4, -0.2) is 0 Å². The van der Waals surface area contributed by atoms with Crippen LogP contribution in [0.2, 0.25) is 0 Å². The Balaban J connectivity index is 1.35. The lowest BCUT2D eigenvalue weighted by Crippen LogP contribution is -2.15. The largest absolute Gasteiger partial charge is 0.310 e. The Morgan fingerprint density at radius 2 is 1.20 bits per heavy atom. The van der Waals surface area contributed by atoms with Crippen molar-refractivity contribution in [3.63, 3.8) is 0 Å². The summed E-state index contributed by atoms with van der Waals surface area (Å²) in [5, 5.41) is 5.16. The van der Waals surface area contributed by atoms with Crippen LogP contribution in [0.3, 0.4) is 0 Å². The van der Waals surface area contributed by atoms with E-state index in [1.54, 1.807) is 0 Å². The minimum absolute atomic E-state index is 0.0300. The van der Waals surface area contributed by atoms with Gasteiger partial charge in [0.25, 0.3) is 0 Å². The third-order valence-electron chi connectivity index (χ3n) is 10.0. The molecule has 0 amide bonds. The van der Waals surface area contributed by atoms with Crippen molar-refractivity contribution in [3.05, 3.63) is 162 Å². The van der Waals surface area contributed by atoms with Crippen LogP contribution in [0.15, 0.2) is 146 Å². The van der Waals surface area contributed by atoms with E-state index in [9.17, 15) is 0 Å². The molecule has 1 nitrogen and oxygen atoms in total. The molecule has 8 rings (SSSR count). The second-order valence-corrected chi connectivity index (χ2v) is 13.2. The van der Waals surface area contributed by atoms with E-state index < -0.39 is 0 Å². The molecule has 46 heavy (non-hydrogen) atoms. The summed E-state index contributed by atoms with van der Waals surface area (Å²) in [6.07, 6.45) is 3.54. The maximum absolute atomic E-state index is 2.47. The first-order chi connectivity index (χ1) is 22.5. The molecule has 0 N–H and O–H groups in total. The zero-order chi connectivity index (χ0) is 31.3. The van der Waals surface area contributed by atoms with Crippen molar-refractivity contribution in [2.24, 2.45) is 0 Å². The minimum Gasteiger partial charge on any atom is -0.310 e. The molecule has 0 saturated carbocycles.